The van der Waals surface area contributed by atoms with E-state index in [-0.39, 0.29) is 6.04 Å². The van der Waals surface area contributed by atoms with E-state index < -0.39 is 0 Å². The number of nitrogens with zero attached hydrogens (tertiary/aromatic N) is 2. The van der Waals surface area contributed by atoms with Crippen molar-refractivity contribution in [2.75, 3.05) is 6.61 Å². The van der Waals surface area contributed by atoms with E-state index in [9.17, 15) is 0 Å². The minimum Gasteiger partial charge on any atom is -0.494 e. The molecule has 3 N–H and O–H groups in total. The number of aryl methyl sites for hydroxylation is 1. The minimum absolute atomic E-state index is 0.0888. The van der Waals surface area contributed by atoms with Gasteiger partial charge in [0, 0.05) is 18.3 Å². The van der Waals surface area contributed by atoms with Crippen molar-refractivity contribution in [3.05, 3.63) is 47.3 Å². The molecule has 1 heterocycles. The minimum atomic E-state index is -0.0888. The normalized spacial score (nSPS) is 12.4. The number of nitrogens with two attached hydrogens (primary N) is 1. The van der Waals surface area contributed by atoms with Gasteiger partial charge < -0.3 is 4.74 Å². The van der Waals surface area contributed by atoms with Crippen LogP contribution in [0.1, 0.15) is 29.8 Å². The number of rotatable bonds is 5. The number of nitrogens with one attached hydrogen (secondary N) is 1. The molecule has 1 atom stereocenters. The zero-order valence-electron chi connectivity index (χ0n) is 11.6. The van der Waals surface area contributed by atoms with Crippen molar-refractivity contribution in [3.8, 4) is 5.75 Å². The number of ether oxygens (including phenoxy) is 1. The molecule has 0 aliphatic heterocycles. The first-order chi connectivity index (χ1) is 9.17. The van der Waals surface area contributed by atoms with E-state index in [1.807, 2.05) is 56.0 Å². The predicted octanol–water partition coefficient (Wildman–Crippen LogP) is 1.68. The van der Waals surface area contributed by atoms with E-state index in [2.05, 4.69) is 10.5 Å². The monoisotopic (exact) mass is 260 g/mol. The molecule has 19 heavy (non-hydrogen) atoms. The van der Waals surface area contributed by atoms with Crippen LogP contribution in [0.25, 0.3) is 0 Å². The Bertz CT molecular complexity index is 550. The number of aromatic nitrogens is 2. The molecule has 0 fully saturated rings. The molecule has 5 nitrogen and oxygen atoms in total. The maximum Gasteiger partial charge on any atom is 0.119 e. The maximum atomic E-state index is 5.71. The number of hydrogen-bond acceptors (Lipinski definition) is 4. The van der Waals surface area contributed by atoms with Crippen molar-refractivity contribution in [1.29, 1.82) is 0 Å². The Hall–Kier alpha value is -1.85. The number of hydrazine groups is 1. The van der Waals surface area contributed by atoms with Gasteiger partial charge in [-0.1, -0.05) is 12.1 Å². The predicted molar refractivity (Wildman–Crippen MR) is 74.7 cm³/mol. The molecule has 1 aromatic heterocycles. The lowest BCUT2D eigenvalue weighted by atomic mass is 10.00. The van der Waals surface area contributed by atoms with Gasteiger partial charge in [0.1, 0.15) is 5.75 Å². The molecule has 5 heteroatoms. The first-order valence-electron chi connectivity index (χ1n) is 6.34. The van der Waals surface area contributed by atoms with E-state index in [4.69, 9.17) is 10.6 Å². The fraction of sp³-hybridized carbons (Fsp3) is 0.357. The maximum absolute atomic E-state index is 5.71. The molecule has 0 saturated carbocycles. The molecule has 0 saturated heterocycles. The highest BCUT2D eigenvalue weighted by molar-refractivity contribution is 5.37. The summed E-state index contributed by atoms with van der Waals surface area (Å²) in [5.41, 5.74) is 6.06. The van der Waals surface area contributed by atoms with Gasteiger partial charge in [-0.25, -0.2) is 5.43 Å². The van der Waals surface area contributed by atoms with E-state index in [1.165, 1.54) is 0 Å². The van der Waals surface area contributed by atoms with Gasteiger partial charge in [0.25, 0.3) is 0 Å². The average Bonchev–Trinajstić information content (AvgIpc) is 2.73. The molecule has 2 rings (SSSR count). The van der Waals surface area contributed by atoms with Crippen molar-refractivity contribution in [2.24, 2.45) is 12.9 Å². The molecule has 1 aromatic carbocycles. The Morgan fingerprint density at radius 2 is 2.26 bits per heavy atom. The Balaban J connectivity index is 2.36. The van der Waals surface area contributed by atoms with Gasteiger partial charge in [0.15, 0.2) is 0 Å². The Morgan fingerprint density at radius 1 is 1.47 bits per heavy atom. The average molecular weight is 260 g/mol. The van der Waals surface area contributed by atoms with E-state index in [0.29, 0.717) is 6.61 Å². The molecule has 0 radical (unpaired) electrons. The SMILES string of the molecule is CCOc1cccc(C(NN)c2cnn(C)c2C)c1. The van der Waals surface area contributed by atoms with E-state index in [1.54, 1.807) is 0 Å². The summed E-state index contributed by atoms with van der Waals surface area (Å²) in [6, 6.07) is 7.85. The highest BCUT2D eigenvalue weighted by atomic mass is 16.5. The molecule has 0 aliphatic rings. The molecule has 0 bridgehead atoms. The first kappa shape index (κ1) is 13.6. The third-order valence-corrected chi connectivity index (χ3v) is 3.25. The van der Waals surface area contributed by atoms with Gasteiger partial charge in [0.2, 0.25) is 0 Å². The van der Waals surface area contributed by atoms with Gasteiger partial charge in [0.05, 0.1) is 18.8 Å². The van der Waals surface area contributed by atoms with Gasteiger partial charge in [-0.05, 0) is 31.5 Å². The Labute approximate surface area is 113 Å². The van der Waals surface area contributed by atoms with Gasteiger partial charge >= 0.3 is 0 Å². The van der Waals surface area contributed by atoms with Crippen LogP contribution >= 0.6 is 0 Å². The fourth-order valence-corrected chi connectivity index (χ4v) is 2.12. The highest BCUT2D eigenvalue weighted by Gasteiger charge is 2.17. The third-order valence-electron chi connectivity index (χ3n) is 3.25. The molecule has 2 aromatic rings. The second-order valence-corrected chi connectivity index (χ2v) is 4.41. The Kier molecular flexibility index (Phi) is 4.19. The lowest BCUT2D eigenvalue weighted by Crippen LogP contribution is -2.29. The molecule has 102 valence electrons. The summed E-state index contributed by atoms with van der Waals surface area (Å²) in [5, 5.41) is 4.26. The molecular formula is C14H20N4O. The van der Waals surface area contributed by atoms with E-state index in [0.717, 1.165) is 22.6 Å². The lowest BCUT2D eigenvalue weighted by molar-refractivity contribution is 0.339. The van der Waals surface area contributed by atoms with Crippen molar-refractivity contribution in [3.63, 3.8) is 0 Å². The van der Waals surface area contributed by atoms with Crippen LogP contribution in [0.5, 0.6) is 5.75 Å². The highest BCUT2D eigenvalue weighted by Crippen LogP contribution is 2.26. The summed E-state index contributed by atoms with van der Waals surface area (Å²) < 4.78 is 7.36. The summed E-state index contributed by atoms with van der Waals surface area (Å²) in [4.78, 5) is 0. The van der Waals surface area contributed by atoms with Crippen LogP contribution in [-0.4, -0.2) is 16.4 Å². The third kappa shape index (κ3) is 2.77. The summed E-state index contributed by atoms with van der Waals surface area (Å²) in [7, 11) is 1.92. The van der Waals surface area contributed by atoms with E-state index >= 15 is 0 Å². The van der Waals surface area contributed by atoms with Crippen molar-refractivity contribution in [2.45, 2.75) is 19.9 Å². The summed E-state index contributed by atoms with van der Waals surface area (Å²) in [6.45, 7) is 4.64. The second kappa shape index (κ2) is 5.86. The molecule has 0 spiro atoms. The zero-order chi connectivity index (χ0) is 13.8. The lowest BCUT2D eigenvalue weighted by Gasteiger charge is -2.17. The first-order valence-corrected chi connectivity index (χ1v) is 6.34. The second-order valence-electron chi connectivity index (χ2n) is 4.41. The van der Waals surface area contributed by atoms with Crippen LogP contribution in [0.15, 0.2) is 30.5 Å². The number of hydrogen-bond donors (Lipinski definition) is 2. The Morgan fingerprint density at radius 3 is 2.84 bits per heavy atom. The standard InChI is InChI=1S/C14H20N4O/c1-4-19-12-7-5-6-11(8-12)14(17-15)13-9-16-18(3)10(13)2/h5-9,14,17H,4,15H2,1-3H3. The zero-order valence-corrected chi connectivity index (χ0v) is 11.6. The van der Waals surface area contributed by atoms with Crippen LogP contribution in [0.4, 0.5) is 0 Å². The molecule has 1 unspecified atom stereocenters. The smallest absolute Gasteiger partial charge is 0.119 e. The summed E-state index contributed by atoms with van der Waals surface area (Å²) in [5.74, 6) is 6.56. The van der Waals surface area contributed by atoms with Crippen molar-refractivity contribution < 1.29 is 4.74 Å². The topological polar surface area (TPSA) is 65.1 Å². The van der Waals surface area contributed by atoms with Crippen molar-refractivity contribution in [1.82, 2.24) is 15.2 Å². The fourth-order valence-electron chi connectivity index (χ4n) is 2.12. The quantitative estimate of drug-likeness (QED) is 0.634. The summed E-state index contributed by atoms with van der Waals surface area (Å²) >= 11 is 0. The summed E-state index contributed by atoms with van der Waals surface area (Å²) in [6.07, 6.45) is 1.84. The molecular weight excluding hydrogens is 240 g/mol. The molecule has 0 aliphatic carbocycles. The molecule has 0 amide bonds. The number of benzene rings is 1. The van der Waals surface area contributed by atoms with Gasteiger partial charge in [-0.2, -0.15) is 5.10 Å². The van der Waals surface area contributed by atoms with Crippen LogP contribution < -0.4 is 16.0 Å². The van der Waals surface area contributed by atoms with Crippen LogP contribution in [-0.2, 0) is 7.05 Å². The van der Waals surface area contributed by atoms with Gasteiger partial charge in [-0.15, -0.1) is 0 Å². The van der Waals surface area contributed by atoms with Crippen LogP contribution in [0, 0.1) is 6.92 Å². The van der Waals surface area contributed by atoms with Crippen molar-refractivity contribution >= 4 is 0 Å². The van der Waals surface area contributed by atoms with Crippen LogP contribution in [0.3, 0.4) is 0 Å². The van der Waals surface area contributed by atoms with Crippen LogP contribution in [0.2, 0.25) is 0 Å². The van der Waals surface area contributed by atoms with Gasteiger partial charge in [-0.3, -0.25) is 10.5 Å². The largest absolute Gasteiger partial charge is 0.494 e.